The summed E-state index contributed by atoms with van der Waals surface area (Å²) in [6.45, 7) is 5.88. The zero-order chi connectivity index (χ0) is 18.8. The van der Waals surface area contributed by atoms with Gasteiger partial charge in [0.05, 0.1) is 5.39 Å². The SMILES string of the molecule is Cc1ccc(CCC(Sc2nc3sc(C)c(C)c3c(=O)[nH]2)C(=O)O)cc1. The summed E-state index contributed by atoms with van der Waals surface area (Å²) in [7, 11) is 0. The molecule has 1 unspecified atom stereocenters. The average Bonchev–Trinajstić information content (AvgIpc) is 2.87. The number of nitrogens with zero attached hydrogens (tertiary/aromatic N) is 1. The summed E-state index contributed by atoms with van der Waals surface area (Å²) in [5.74, 6) is -0.900. The highest BCUT2D eigenvalue weighted by atomic mass is 32.2. The van der Waals surface area contributed by atoms with Gasteiger partial charge in [0.1, 0.15) is 10.1 Å². The number of carbonyl (C=O) groups is 1. The molecular weight excluding hydrogens is 368 g/mol. The molecule has 5 nitrogen and oxygen atoms in total. The van der Waals surface area contributed by atoms with Crippen molar-refractivity contribution in [1.29, 1.82) is 0 Å². The fraction of sp³-hybridized carbons (Fsp3) is 0.316. The Labute approximate surface area is 159 Å². The molecule has 0 aliphatic heterocycles. The molecule has 0 aliphatic rings. The molecular formula is C19H20N2O3S2. The van der Waals surface area contributed by atoms with Crippen LogP contribution in [0.2, 0.25) is 0 Å². The van der Waals surface area contributed by atoms with E-state index in [4.69, 9.17) is 0 Å². The van der Waals surface area contributed by atoms with Crippen molar-refractivity contribution in [2.45, 2.75) is 44.0 Å². The summed E-state index contributed by atoms with van der Waals surface area (Å²) in [5, 5.41) is 9.84. The Morgan fingerprint density at radius 3 is 2.62 bits per heavy atom. The van der Waals surface area contributed by atoms with Crippen molar-refractivity contribution in [3.63, 3.8) is 0 Å². The first-order valence-corrected chi connectivity index (χ1v) is 10.00. The quantitative estimate of drug-likeness (QED) is 0.491. The molecule has 136 valence electrons. The molecule has 0 fully saturated rings. The summed E-state index contributed by atoms with van der Waals surface area (Å²) in [5.41, 5.74) is 3.00. The number of fused-ring (bicyclic) bond motifs is 1. The van der Waals surface area contributed by atoms with E-state index in [-0.39, 0.29) is 5.56 Å². The number of benzene rings is 1. The lowest BCUT2D eigenvalue weighted by molar-refractivity contribution is -0.136. The Balaban J connectivity index is 1.79. The van der Waals surface area contributed by atoms with E-state index in [1.807, 2.05) is 45.0 Å². The maximum absolute atomic E-state index is 12.3. The summed E-state index contributed by atoms with van der Waals surface area (Å²) < 4.78 is 0. The van der Waals surface area contributed by atoms with Gasteiger partial charge in [-0.05, 0) is 44.7 Å². The van der Waals surface area contributed by atoms with Crippen LogP contribution in [0.5, 0.6) is 0 Å². The van der Waals surface area contributed by atoms with Crippen LogP contribution in [0.25, 0.3) is 10.2 Å². The first-order valence-electron chi connectivity index (χ1n) is 8.30. The number of thiophene rings is 1. The van der Waals surface area contributed by atoms with Gasteiger partial charge in [-0.3, -0.25) is 9.59 Å². The van der Waals surface area contributed by atoms with Crippen LogP contribution >= 0.6 is 23.1 Å². The fourth-order valence-corrected chi connectivity index (χ4v) is 4.70. The van der Waals surface area contributed by atoms with E-state index in [1.165, 1.54) is 16.9 Å². The molecule has 0 saturated heterocycles. The molecule has 2 heterocycles. The molecule has 0 bridgehead atoms. The third-order valence-electron chi connectivity index (χ3n) is 4.36. The molecule has 3 rings (SSSR count). The van der Waals surface area contributed by atoms with E-state index in [0.29, 0.717) is 28.2 Å². The minimum Gasteiger partial charge on any atom is -0.480 e. The molecule has 0 radical (unpaired) electrons. The van der Waals surface area contributed by atoms with E-state index >= 15 is 0 Å². The number of thioether (sulfide) groups is 1. The summed E-state index contributed by atoms with van der Waals surface area (Å²) >= 11 is 2.57. The maximum Gasteiger partial charge on any atom is 0.317 e. The van der Waals surface area contributed by atoms with Gasteiger partial charge in [-0.25, -0.2) is 4.98 Å². The number of carboxylic acid groups (broad SMARTS) is 1. The van der Waals surface area contributed by atoms with Crippen molar-refractivity contribution in [1.82, 2.24) is 9.97 Å². The molecule has 2 aromatic heterocycles. The van der Waals surface area contributed by atoms with Crippen LogP contribution in [0.4, 0.5) is 0 Å². The number of hydrogen-bond acceptors (Lipinski definition) is 5. The topological polar surface area (TPSA) is 83.0 Å². The zero-order valence-electron chi connectivity index (χ0n) is 14.8. The van der Waals surface area contributed by atoms with E-state index in [0.717, 1.165) is 27.8 Å². The molecule has 1 atom stereocenters. The van der Waals surface area contributed by atoms with Crippen LogP contribution in [-0.2, 0) is 11.2 Å². The normalized spacial score (nSPS) is 12.4. The highest BCUT2D eigenvalue weighted by Gasteiger charge is 2.21. The van der Waals surface area contributed by atoms with Crippen molar-refractivity contribution in [2.75, 3.05) is 0 Å². The van der Waals surface area contributed by atoms with Gasteiger partial charge in [0.25, 0.3) is 5.56 Å². The van der Waals surface area contributed by atoms with Crippen LogP contribution in [0, 0.1) is 20.8 Å². The highest BCUT2D eigenvalue weighted by molar-refractivity contribution is 8.00. The second-order valence-electron chi connectivity index (χ2n) is 6.30. The lowest BCUT2D eigenvalue weighted by Gasteiger charge is -2.11. The van der Waals surface area contributed by atoms with E-state index in [1.54, 1.807) is 0 Å². The Kier molecular flexibility index (Phi) is 5.48. The molecule has 0 amide bonds. The van der Waals surface area contributed by atoms with Crippen molar-refractivity contribution in [3.8, 4) is 0 Å². The third kappa shape index (κ3) is 3.99. The lowest BCUT2D eigenvalue weighted by Crippen LogP contribution is -2.19. The minimum atomic E-state index is -0.900. The summed E-state index contributed by atoms with van der Waals surface area (Å²) in [6, 6.07) is 8.07. The van der Waals surface area contributed by atoms with Gasteiger partial charge in [0, 0.05) is 4.88 Å². The number of H-pyrrole nitrogens is 1. The van der Waals surface area contributed by atoms with Gasteiger partial charge in [-0.2, -0.15) is 0 Å². The second-order valence-corrected chi connectivity index (χ2v) is 8.70. The van der Waals surface area contributed by atoms with E-state index in [9.17, 15) is 14.7 Å². The van der Waals surface area contributed by atoms with Crippen LogP contribution < -0.4 is 5.56 Å². The number of aromatic amines is 1. The number of aliphatic carboxylic acids is 1. The molecule has 0 aliphatic carbocycles. The van der Waals surface area contributed by atoms with Crippen molar-refractivity contribution >= 4 is 39.3 Å². The molecule has 3 aromatic rings. The first-order chi connectivity index (χ1) is 12.3. The van der Waals surface area contributed by atoms with Gasteiger partial charge in [0.15, 0.2) is 5.16 Å². The van der Waals surface area contributed by atoms with Crippen molar-refractivity contribution < 1.29 is 9.90 Å². The largest absolute Gasteiger partial charge is 0.480 e. The molecule has 7 heteroatoms. The highest BCUT2D eigenvalue weighted by Crippen LogP contribution is 2.29. The number of hydrogen-bond donors (Lipinski definition) is 2. The summed E-state index contributed by atoms with van der Waals surface area (Å²) in [4.78, 5) is 32.9. The number of aryl methyl sites for hydroxylation is 4. The van der Waals surface area contributed by atoms with Gasteiger partial charge in [-0.15, -0.1) is 11.3 Å². The number of aromatic nitrogens is 2. The summed E-state index contributed by atoms with van der Waals surface area (Å²) in [6.07, 6.45) is 1.13. The van der Waals surface area contributed by atoms with Gasteiger partial charge >= 0.3 is 5.97 Å². The van der Waals surface area contributed by atoms with Crippen LogP contribution in [0.15, 0.2) is 34.2 Å². The second kappa shape index (κ2) is 7.63. The standard InChI is InChI=1S/C19H20N2O3S2/c1-10-4-6-13(7-5-10)8-9-14(18(23)24)26-19-20-16(22)15-11(2)12(3)25-17(15)21-19/h4-7,14H,8-9H2,1-3H3,(H,23,24)(H,20,21,22). The van der Waals surface area contributed by atoms with Crippen LogP contribution in [0.3, 0.4) is 0 Å². The predicted octanol–water partition coefficient (Wildman–Crippen LogP) is 4.09. The third-order valence-corrected chi connectivity index (χ3v) is 6.60. The predicted molar refractivity (Wildman–Crippen MR) is 106 cm³/mol. The Hall–Kier alpha value is -2.12. The fourth-order valence-electron chi connectivity index (χ4n) is 2.71. The minimum absolute atomic E-state index is 0.206. The molecule has 26 heavy (non-hydrogen) atoms. The number of nitrogens with one attached hydrogen (secondary N) is 1. The Morgan fingerprint density at radius 1 is 1.27 bits per heavy atom. The van der Waals surface area contributed by atoms with Gasteiger partial charge in [-0.1, -0.05) is 41.6 Å². The monoisotopic (exact) mass is 388 g/mol. The molecule has 2 N–H and O–H groups in total. The maximum atomic E-state index is 12.3. The van der Waals surface area contributed by atoms with Crippen molar-refractivity contribution in [2.24, 2.45) is 0 Å². The molecule has 1 aromatic carbocycles. The number of carboxylic acids is 1. The average molecular weight is 389 g/mol. The molecule has 0 spiro atoms. The zero-order valence-corrected chi connectivity index (χ0v) is 16.5. The molecule has 0 saturated carbocycles. The van der Waals surface area contributed by atoms with Gasteiger partial charge < -0.3 is 10.1 Å². The van der Waals surface area contributed by atoms with Crippen LogP contribution in [-0.4, -0.2) is 26.3 Å². The Morgan fingerprint density at radius 2 is 1.96 bits per heavy atom. The number of rotatable bonds is 6. The van der Waals surface area contributed by atoms with E-state index in [2.05, 4.69) is 9.97 Å². The van der Waals surface area contributed by atoms with E-state index < -0.39 is 11.2 Å². The van der Waals surface area contributed by atoms with Gasteiger partial charge in [0.2, 0.25) is 0 Å². The van der Waals surface area contributed by atoms with Crippen molar-refractivity contribution in [3.05, 3.63) is 56.2 Å². The smallest absolute Gasteiger partial charge is 0.317 e. The first kappa shape index (κ1) is 18.7. The lowest BCUT2D eigenvalue weighted by atomic mass is 10.1. The van der Waals surface area contributed by atoms with Crippen LogP contribution in [0.1, 0.15) is 28.0 Å². The Bertz CT molecular complexity index is 1010.